The van der Waals surface area contributed by atoms with Crippen molar-refractivity contribution < 1.29 is 4.79 Å². The second-order valence-electron chi connectivity index (χ2n) is 4.82. The molecule has 0 saturated carbocycles. The van der Waals surface area contributed by atoms with Gasteiger partial charge in [0.15, 0.2) is 5.13 Å². The van der Waals surface area contributed by atoms with Crippen LogP contribution in [0.1, 0.15) is 45.6 Å². The maximum absolute atomic E-state index is 12.2. The van der Waals surface area contributed by atoms with Crippen LogP contribution in [0.4, 0.5) is 5.13 Å². The van der Waals surface area contributed by atoms with Gasteiger partial charge in [0.1, 0.15) is 0 Å². The number of aryl methyl sites for hydroxylation is 1. The van der Waals surface area contributed by atoms with Crippen LogP contribution in [0.3, 0.4) is 0 Å². The summed E-state index contributed by atoms with van der Waals surface area (Å²) in [5.74, 6) is 6.00. The molecule has 0 bridgehead atoms. The van der Waals surface area contributed by atoms with Crippen LogP contribution in [0.15, 0.2) is 11.4 Å². The summed E-state index contributed by atoms with van der Waals surface area (Å²) in [5, 5.41) is 5.44. The van der Waals surface area contributed by atoms with Gasteiger partial charge in [0.2, 0.25) is 0 Å². The van der Waals surface area contributed by atoms with Crippen LogP contribution < -0.4 is 11.1 Å². The first-order chi connectivity index (χ1) is 10.0. The summed E-state index contributed by atoms with van der Waals surface area (Å²) in [6.45, 7) is 6.40. The third kappa shape index (κ3) is 3.91. The first-order valence-electron chi connectivity index (χ1n) is 6.57. The Kier molecular flexibility index (Phi) is 5.12. The predicted molar refractivity (Wildman–Crippen MR) is 89.1 cm³/mol. The molecule has 3 N–H and O–H groups in total. The zero-order valence-corrected chi connectivity index (χ0v) is 13.8. The van der Waals surface area contributed by atoms with Crippen molar-refractivity contribution >= 4 is 33.7 Å². The molecule has 0 fully saturated rings. The number of carbonyl (C=O) groups is 1. The van der Waals surface area contributed by atoms with Gasteiger partial charge in [-0.1, -0.05) is 25.7 Å². The van der Waals surface area contributed by atoms with E-state index in [1.165, 1.54) is 22.7 Å². The Bertz CT molecular complexity index is 704. The summed E-state index contributed by atoms with van der Waals surface area (Å²) < 4.78 is 0. The van der Waals surface area contributed by atoms with Crippen LogP contribution in [0, 0.1) is 18.8 Å². The van der Waals surface area contributed by atoms with Crippen molar-refractivity contribution in [1.29, 1.82) is 0 Å². The van der Waals surface area contributed by atoms with Gasteiger partial charge in [0, 0.05) is 5.38 Å². The Morgan fingerprint density at radius 2 is 2.29 bits per heavy atom. The second-order valence-corrected chi connectivity index (χ2v) is 6.73. The van der Waals surface area contributed by atoms with E-state index in [9.17, 15) is 4.79 Å². The van der Waals surface area contributed by atoms with Gasteiger partial charge in [-0.3, -0.25) is 10.1 Å². The molecule has 0 atom stereocenters. The molecule has 110 valence electrons. The Balaban J connectivity index is 2.12. The number of nitrogens with two attached hydrogens (primary N) is 1. The van der Waals surface area contributed by atoms with Gasteiger partial charge in [-0.15, -0.1) is 22.7 Å². The molecule has 6 heteroatoms. The predicted octanol–water partition coefficient (Wildman–Crippen LogP) is 3.20. The normalized spacial score (nSPS) is 10.3. The standard InChI is InChI=1S/C15H17N3OS2/c1-9(2)11-8-20-15(17-11)18-14(19)13-7-10(3)12(21-13)5-4-6-16/h7-9H,6,16H2,1-3H3,(H,17,18,19). The molecule has 0 unspecified atom stereocenters. The zero-order valence-electron chi connectivity index (χ0n) is 12.2. The molecule has 21 heavy (non-hydrogen) atoms. The van der Waals surface area contributed by atoms with E-state index < -0.39 is 0 Å². The summed E-state index contributed by atoms with van der Waals surface area (Å²) >= 11 is 2.82. The highest BCUT2D eigenvalue weighted by Crippen LogP contribution is 2.25. The molecule has 2 aromatic heterocycles. The lowest BCUT2D eigenvalue weighted by Gasteiger charge is -1.99. The third-order valence-corrected chi connectivity index (χ3v) is 4.71. The van der Waals surface area contributed by atoms with Crippen molar-refractivity contribution in [1.82, 2.24) is 4.98 Å². The van der Waals surface area contributed by atoms with Crippen LogP contribution in [-0.2, 0) is 0 Å². The highest BCUT2D eigenvalue weighted by molar-refractivity contribution is 7.15. The molecule has 0 aliphatic heterocycles. The van der Waals surface area contributed by atoms with Crippen molar-refractivity contribution in [3.63, 3.8) is 0 Å². The maximum atomic E-state index is 12.2. The van der Waals surface area contributed by atoms with Crippen molar-refractivity contribution in [2.75, 3.05) is 11.9 Å². The van der Waals surface area contributed by atoms with E-state index in [1.54, 1.807) is 0 Å². The van der Waals surface area contributed by atoms with Crippen LogP contribution >= 0.6 is 22.7 Å². The summed E-state index contributed by atoms with van der Waals surface area (Å²) in [5.41, 5.74) is 7.35. The lowest BCUT2D eigenvalue weighted by molar-refractivity contribution is 0.103. The van der Waals surface area contributed by atoms with E-state index in [0.29, 0.717) is 22.5 Å². The summed E-state index contributed by atoms with van der Waals surface area (Å²) in [6, 6.07) is 1.84. The second kappa shape index (κ2) is 6.85. The van der Waals surface area contributed by atoms with Gasteiger partial charge in [0.05, 0.1) is 22.0 Å². The van der Waals surface area contributed by atoms with E-state index in [4.69, 9.17) is 5.73 Å². The zero-order chi connectivity index (χ0) is 15.4. The van der Waals surface area contributed by atoms with Crippen molar-refractivity contribution in [2.45, 2.75) is 26.7 Å². The first-order valence-corrected chi connectivity index (χ1v) is 8.27. The van der Waals surface area contributed by atoms with E-state index in [1.807, 2.05) is 18.4 Å². The molecular weight excluding hydrogens is 302 g/mol. The summed E-state index contributed by atoms with van der Waals surface area (Å²) in [6.07, 6.45) is 0. The Morgan fingerprint density at radius 1 is 1.52 bits per heavy atom. The number of thiazole rings is 1. The molecular formula is C15H17N3OS2. The number of thiophene rings is 1. The molecule has 0 aliphatic carbocycles. The number of hydrogen-bond acceptors (Lipinski definition) is 5. The van der Waals surface area contributed by atoms with Crippen molar-refractivity contribution in [2.24, 2.45) is 5.73 Å². The van der Waals surface area contributed by atoms with Gasteiger partial charge in [0.25, 0.3) is 5.91 Å². The molecule has 4 nitrogen and oxygen atoms in total. The number of anilines is 1. The SMILES string of the molecule is Cc1cc(C(=O)Nc2nc(C(C)C)cs2)sc1C#CCN. The van der Waals surface area contributed by atoms with Crippen molar-refractivity contribution in [3.05, 3.63) is 32.5 Å². The lowest BCUT2D eigenvalue weighted by atomic mass is 10.2. The van der Waals surface area contributed by atoms with Gasteiger partial charge < -0.3 is 5.73 Å². The minimum absolute atomic E-state index is 0.145. The minimum Gasteiger partial charge on any atom is -0.320 e. The molecule has 2 rings (SSSR count). The summed E-state index contributed by atoms with van der Waals surface area (Å²) in [4.78, 5) is 18.1. The van der Waals surface area contributed by atoms with Crippen LogP contribution in [0.25, 0.3) is 0 Å². The molecule has 2 heterocycles. The maximum Gasteiger partial charge on any atom is 0.267 e. The average Bonchev–Trinajstić information content (AvgIpc) is 3.03. The Labute approximate surface area is 132 Å². The lowest BCUT2D eigenvalue weighted by Crippen LogP contribution is -2.10. The fourth-order valence-corrected chi connectivity index (χ4v) is 3.43. The topological polar surface area (TPSA) is 68.0 Å². The van der Waals surface area contributed by atoms with Crippen LogP contribution in [-0.4, -0.2) is 17.4 Å². The van der Waals surface area contributed by atoms with Gasteiger partial charge >= 0.3 is 0 Å². The molecule has 2 aromatic rings. The van der Waals surface area contributed by atoms with E-state index in [-0.39, 0.29) is 5.91 Å². The quantitative estimate of drug-likeness (QED) is 0.854. The number of rotatable bonds is 3. The molecule has 0 radical (unpaired) electrons. The van der Waals surface area contributed by atoms with Gasteiger partial charge in [-0.25, -0.2) is 4.98 Å². The first kappa shape index (κ1) is 15.7. The fourth-order valence-electron chi connectivity index (χ4n) is 1.62. The largest absolute Gasteiger partial charge is 0.320 e. The van der Waals surface area contributed by atoms with Crippen LogP contribution in [0.2, 0.25) is 0 Å². The molecule has 0 saturated heterocycles. The number of aromatic nitrogens is 1. The molecule has 0 spiro atoms. The van der Waals surface area contributed by atoms with E-state index >= 15 is 0 Å². The number of amides is 1. The number of nitrogens with one attached hydrogen (secondary N) is 1. The average molecular weight is 319 g/mol. The third-order valence-electron chi connectivity index (χ3n) is 2.78. The Morgan fingerprint density at radius 3 is 2.90 bits per heavy atom. The molecule has 0 aromatic carbocycles. The smallest absolute Gasteiger partial charge is 0.267 e. The monoisotopic (exact) mass is 319 g/mol. The highest BCUT2D eigenvalue weighted by Gasteiger charge is 2.14. The fraction of sp³-hybridized carbons (Fsp3) is 0.333. The Hall–Kier alpha value is -1.68. The van der Waals surface area contributed by atoms with E-state index in [2.05, 4.69) is 36.0 Å². The van der Waals surface area contributed by atoms with Gasteiger partial charge in [-0.2, -0.15) is 0 Å². The van der Waals surface area contributed by atoms with Crippen LogP contribution in [0.5, 0.6) is 0 Å². The number of nitrogens with zero attached hydrogens (tertiary/aromatic N) is 1. The number of hydrogen-bond donors (Lipinski definition) is 2. The molecule has 0 aliphatic rings. The van der Waals surface area contributed by atoms with Gasteiger partial charge in [-0.05, 0) is 24.5 Å². The highest BCUT2D eigenvalue weighted by atomic mass is 32.1. The van der Waals surface area contributed by atoms with Crippen molar-refractivity contribution in [3.8, 4) is 11.8 Å². The minimum atomic E-state index is -0.145. The molecule has 1 amide bonds. The summed E-state index contributed by atoms with van der Waals surface area (Å²) in [7, 11) is 0. The van der Waals surface area contributed by atoms with E-state index in [0.717, 1.165) is 16.1 Å². The number of carbonyl (C=O) groups excluding carboxylic acids is 1.